The quantitative estimate of drug-likeness (QED) is 0.682. The largest absolute Gasteiger partial charge is 0.419 e. The summed E-state index contributed by atoms with van der Waals surface area (Å²) in [5.41, 5.74) is 4.82. The molecular formula is C13H14F4N4. The summed E-state index contributed by atoms with van der Waals surface area (Å²) in [5, 5.41) is 7.64. The molecular weight excluding hydrogens is 288 g/mol. The van der Waals surface area contributed by atoms with E-state index in [2.05, 4.69) is 10.3 Å². The van der Waals surface area contributed by atoms with Crippen LogP contribution in [0, 0.1) is 5.82 Å². The summed E-state index contributed by atoms with van der Waals surface area (Å²) in [5.74, 6) is -1.31. The van der Waals surface area contributed by atoms with E-state index in [1.165, 1.54) is 16.9 Å². The fourth-order valence-electron chi connectivity index (χ4n) is 1.86. The summed E-state index contributed by atoms with van der Waals surface area (Å²) in [6.45, 7) is 0.570. The van der Waals surface area contributed by atoms with Crippen LogP contribution >= 0.6 is 0 Å². The molecule has 1 aromatic carbocycles. The van der Waals surface area contributed by atoms with Crippen LogP contribution in [0.3, 0.4) is 0 Å². The van der Waals surface area contributed by atoms with E-state index in [9.17, 15) is 17.6 Å². The van der Waals surface area contributed by atoms with E-state index in [1.54, 1.807) is 0 Å². The lowest BCUT2D eigenvalue weighted by Gasteiger charge is -2.09. The predicted octanol–water partition coefficient (Wildman–Crippen LogP) is 2.71. The van der Waals surface area contributed by atoms with Gasteiger partial charge in [0.25, 0.3) is 0 Å². The zero-order valence-electron chi connectivity index (χ0n) is 11.1. The summed E-state index contributed by atoms with van der Waals surface area (Å²) in [4.78, 5) is 0. The number of halogens is 4. The van der Waals surface area contributed by atoms with Gasteiger partial charge in [-0.25, -0.2) is 9.07 Å². The molecule has 2 N–H and O–H groups in total. The van der Waals surface area contributed by atoms with Crippen LogP contribution in [0.4, 0.5) is 17.6 Å². The molecule has 0 spiro atoms. The van der Waals surface area contributed by atoms with Gasteiger partial charge in [0, 0.05) is 0 Å². The van der Waals surface area contributed by atoms with Crippen molar-refractivity contribution in [3.63, 3.8) is 0 Å². The van der Waals surface area contributed by atoms with Crippen molar-refractivity contribution < 1.29 is 17.6 Å². The average molecular weight is 302 g/mol. The van der Waals surface area contributed by atoms with Crippen LogP contribution in [0.2, 0.25) is 0 Å². The Kier molecular flexibility index (Phi) is 4.56. The molecule has 21 heavy (non-hydrogen) atoms. The fourth-order valence-corrected chi connectivity index (χ4v) is 1.86. The van der Waals surface area contributed by atoms with Gasteiger partial charge in [0.15, 0.2) is 0 Å². The third kappa shape index (κ3) is 3.78. The molecule has 2 aromatic rings. The topological polar surface area (TPSA) is 56.7 Å². The monoisotopic (exact) mass is 302 g/mol. The first-order valence-electron chi connectivity index (χ1n) is 6.40. The number of benzene rings is 1. The van der Waals surface area contributed by atoms with Gasteiger partial charge in [-0.2, -0.15) is 13.2 Å². The van der Waals surface area contributed by atoms with E-state index in [1.807, 2.05) is 0 Å². The maximum absolute atomic E-state index is 13.2. The molecule has 0 atom stereocenters. The average Bonchev–Trinajstić information content (AvgIpc) is 2.87. The van der Waals surface area contributed by atoms with Crippen molar-refractivity contribution in [2.45, 2.75) is 25.4 Å². The van der Waals surface area contributed by atoms with Crippen LogP contribution in [0.25, 0.3) is 5.69 Å². The zero-order valence-corrected chi connectivity index (χ0v) is 11.1. The summed E-state index contributed by atoms with van der Waals surface area (Å²) >= 11 is 0. The smallest absolute Gasteiger partial charge is 0.330 e. The number of aromatic nitrogens is 3. The van der Waals surface area contributed by atoms with Crippen molar-refractivity contribution in [2.75, 3.05) is 6.54 Å². The molecule has 2 rings (SSSR count). The molecule has 0 aliphatic rings. The maximum atomic E-state index is 13.2. The van der Waals surface area contributed by atoms with E-state index >= 15 is 0 Å². The molecule has 0 fully saturated rings. The van der Waals surface area contributed by atoms with Gasteiger partial charge in [0.2, 0.25) is 0 Å². The first-order chi connectivity index (χ1) is 9.91. The number of nitrogens with two attached hydrogens (primary N) is 1. The van der Waals surface area contributed by atoms with Gasteiger partial charge in [-0.1, -0.05) is 5.21 Å². The molecule has 0 aliphatic carbocycles. The molecule has 114 valence electrons. The molecule has 0 bridgehead atoms. The maximum Gasteiger partial charge on any atom is 0.419 e. The standard InChI is InChI=1S/C13H14F4N4/c14-12-5-4-10(7-11(12)13(15,16)17)21-8-9(19-20-21)3-1-2-6-18/h4-5,7-8H,1-3,6,18H2. The number of hydrogen-bond acceptors (Lipinski definition) is 3. The molecule has 0 saturated heterocycles. The van der Waals surface area contributed by atoms with E-state index in [-0.39, 0.29) is 5.69 Å². The molecule has 0 aliphatic heterocycles. The van der Waals surface area contributed by atoms with Gasteiger partial charge in [-0.05, 0) is 44.0 Å². The van der Waals surface area contributed by atoms with E-state index in [4.69, 9.17) is 5.73 Å². The minimum absolute atomic E-state index is 0.112. The highest BCUT2D eigenvalue weighted by Gasteiger charge is 2.34. The first kappa shape index (κ1) is 15.4. The van der Waals surface area contributed by atoms with E-state index < -0.39 is 17.6 Å². The van der Waals surface area contributed by atoms with Crippen molar-refractivity contribution >= 4 is 0 Å². The van der Waals surface area contributed by atoms with Gasteiger partial charge >= 0.3 is 6.18 Å². The number of aryl methyl sites for hydroxylation is 1. The zero-order chi connectivity index (χ0) is 15.5. The Hall–Kier alpha value is -1.96. The SMILES string of the molecule is NCCCCc1cn(-c2ccc(F)c(C(F)(F)F)c2)nn1. The van der Waals surface area contributed by atoms with Crippen LogP contribution in [0.5, 0.6) is 0 Å². The number of hydrogen-bond donors (Lipinski definition) is 1. The number of unbranched alkanes of at least 4 members (excludes halogenated alkanes) is 1. The Morgan fingerprint density at radius 1 is 1.19 bits per heavy atom. The van der Waals surface area contributed by atoms with Crippen molar-refractivity contribution in [1.82, 2.24) is 15.0 Å². The number of nitrogens with zero attached hydrogens (tertiary/aromatic N) is 3. The fraction of sp³-hybridized carbons (Fsp3) is 0.385. The molecule has 0 saturated carbocycles. The first-order valence-corrected chi connectivity index (χ1v) is 6.40. The van der Waals surface area contributed by atoms with Crippen LogP contribution in [-0.4, -0.2) is 21.5 Å². The molecule has 0 radical (unpaired) electrons. The van der Waals surface area contributed by atoms with Crippen molar-refractivity contribution in [2.24, 2.45) is 5.73 Å². The third-order valence-electron chi connectivity index (χ3n) is 2.95. The van der Waals surface area contributed by atoms with Gasteiger partial charge < -0.3 is 5.73 Å². The normalized spacial score (nSPS) is 11.9. The Morgan fingerprint density at radius 3 is 2.62 bits per heavy atom. The van der Waals surface area contributed by atoms with Gasteiger partial charge in [-0.3, -0.25) is 0 Å². The molecule has 1 aromatic heterocycles. The van der Waals surface area contributed by atoms with Gasteiger partial charge in [0.1, 0.15) is 5.82 Å². The van der Waals surface area contributed by atoms with Crippen molar-refractivity contribution in [3.8, 4) is 5.69 Å². The Bertz CT molecular complexity index is 606. The lowest BCUT2D eigenvalue weighted by molar-refractivity contribution is -0.140. The molecule has 8 heteroatoms. The summed E-state index contributed by atoms with van der Waals surface area (Å²) in [6, 6.07) is 2.71. The van der Waals surface area contributed by atoms with Gasteiger partial charge in [-0.15, -0.1) is 5.10 Å². The molecule has 4 nitrogen and oxygen atoms in total. The van der Waals surface area contributed by atoms with E-state index in [0.29, 0.717) is 24.7 Å². The van der Waals surface area contributed by atoms with Crippen LogP contribution in [0.1, 0.15) is 24.1 Å². The highest BCUT2D eigenvalue weighted by Crippen LogP contribution is 2.32. The predicted molar refractivity (Wildman–Crippen MR) is 68.3 cm³/mol. The van der Waals surface area contributed by atoms with Crippen LogP contribution in [-0.2, 0) is 12.6 Å². The second-order valence-corrected chi connectivity index (χ2v) is 4.56. The number of rotatable bonds is 5. The van der Waals surface area contributed by atoms with Crippen molar-refractivity contribution in [3.05, 3.63) is 41.5 Å². The lowest BCUT2D eigenvalue weighted by Crippen LogP contribution is -2.09. The van der Waals surface area contributed by atoms with E-state index in [0.717, 1.165) is 18.9 Å². The minimum Gasteiger partial charge on any atom is -0.330 e. The lowest BCUT2D eigenvalue weighted by atomic mass is 10.2. The summed E-state index contributed by atoms with van der Waals surface area (Å²) in [6.07, 6.45) is -0.910. The highest BCUT2D eigenvalue weighted by molar-refractivity contribution is 5.37. The Balaban J connectivity index is 2.22. The van der Waals surface area contributed by atoms with Gasteiger partial charge in [0.05, 0.1) is 23.1 Å². The summed E-state index contributed by atoms with van der Waals surface area (Å²) in [7, 11) is 0. The van der Waals surface area contributed by atoms with Crippen molar-refractivity contribution in [1.29, 1.82) is 0 Å². The molecule has 0 amide bonds. The summed E-state index contributed by atoms with van der Waals surface area (Å²) < 4.78 is 52.4. The Labute approximate surface area is 118 Å². The number of alkyl halides is 3. The molecule has 1 heterocycles. The Morgan fingerprint density at radius 2 is 1.95 bits per heavy atom. The highest BCUT2D eigenvalue weighted by atomic mass is 19.4. The second-order valence-electron chi connectivity index (χ2n) is 4.56. The second kappa shape index (κ2) is 6.21. The minimum atomic E-state index is -4.75. The van der Waals surface area contributed by atoms with Crippen LogP contribution < -0.4 is 5.73 Å². The third-order valence-corrected chi connectivity index (χ3v) is 2.95. The van der Waals surface area contributed by atoms with Crippen LogP contribution in [0.15, 0.2) is 24.4 Å². The molecule has 0 unspecified atom stereocenters.